The number of aromatic nitrogens is 5. The molecule has 0 aliphatic rings. The largest absolute Gasteiger partial charge is 0.542 e. The summed E-state index contributed by atoms with van der Waals surface area (Å²) < 4.78 is 41.7. The molecule has 4 rings (SSSR count). The van der Waals surface area contributed by atoms with E-state index in [-0.39, 0.29) is 53.3 Å². The standard InChI is InChI=1S/C27H32BrN9O4.C2HF3O2/c1-5-10-37-19-11-16(41-14-22(39)35(3)13-17-20(38)9-6-15(2)32-17)7-8-18(19)36(4)21(37)12-31-27(40)23-25(29)34-26(30)24(28)33-23;3-2(4,5)1(6)7/h6-9,11H,5,10,12-14H2,1-4H3,(H5-,29,30,31,34,38,40);(H,6,7). The van der Waals surface area contributed by atoms with E-state index in [0.29, 0.717) is 18.0 Å². The van der Waals surface area contributed by atoms with Crippen LogP contribution in [0.25, 0.3) is 11.0 Å². The maximum atomic E-state index is 12.9. The van der Waals surface area contributed by atoms with Gasteiger partial charge in [0.1, 0.15) is 34.3 Å². The second kappa shape index (κ2) is 15.6. The first-order valence-electron chi connectivity index (χ1n) is 14.1. The smallest absolute Gasteiger partial charge is 0.430 e. The molecular formula is C29H33BrF3N9O6. The van der Waals surface area contributed by atoms with Crippen molar-refractivity contribution in [3.05, 3.63) is 57.8 Å². The van der Waals surface area contributed by atoms with Gasteiger partial charge < -0.3 is 41.4 Å². The van der Waals surface area contributed by atoms with E-state index < -0.39 is 18.1 Å². The summed E-state index contributed by atoms with van der Waals surface area (Å²) in [5.74, 6) is -2.31. The molecule has 6 N–H and O–H groups in total. The third kappa shape index (κ3) is 9.20. The molecule has 0 aliphatic heterocycles. The van der Waals surface area contributed by atoms with Crippen LogP contribution in [0.4, 0.5) is 24.8 Å². The Morgan fingerprint density at radius 2 is 1.81 bits per heavy atom. The minimum absolute atomic E-state index is 0.0226. The molecule has 0 radical (unpaired) electrons. The van der Waals surface area contributed by atoms with Crippen LogP contribution in [0.15, 0.2) is 34.9 Å². The molecule has 15 nitrogen and oxygen atoms in total. The molecule has 3 aromatic heterocycles. The third-order valence-corrected chi connectivity index (χ3v) is 7.35. The Bertz CT molecular complexity index is 1830. The molecule has 0 fully saturated rings. The van der Waals surface area contributed by atoms with Gasteiger partial charge in [0.2, 0.25) is 0 Å². The van der Waals surface area contributed by atoms with Gasteiger partial charge in [-0.05, 0) is 53.5 Å². The molecule has 258 valence electrons. The van der Waals surface area contributed by atoms with Crippen LogP contribution < -0.4 is 31.2 Å². The predicted octanol–water partition coefficient (Wildman–Crippen LogP) is 1.27. The van der Waals surface area contributed by atoms with Gasteiger partial charge in [0, 0.05) is 18.8 Å². The number of aliphatic carboxylic acids is 1. The second-order valence-electron chi connectivity index (χ2n) is 10.3. The van der Waals surface area contributed by atoms with Crippen molar-refractivity contribution >= 4 is 56.4 Å². The highest BCUT2D eigenvalue weighted by Gasteiger charge is 2.29. The number of hydrogen-bond donors (Lipinski definition) is 4. The molecule has 0 saturated carbocycles. The van der Waals surface area contributed by atoms with Crippen molar-refractivity contribution in [3.63, 3.8) is 0 Å². The van der Waals surface area contributed by atoms with Crippen molar-refractivity contribution in [2.45, 2.75) is 46.1 Å². The maximum absolute atomic E-state index is 12.9. The number of halogens is 4. The van der Waals surface area contributed by atoms with Gasteiger partial charge in [-0.3, -0.25) is 14.6 Å². The number of fused-ring (bicyclic) bond motifs is 1. The summed E-state index contributed by atoms with van der Waals surface area (Å²) in [6, 6.07) is 8.85. The van der Waals surface area contributed by atoms with Crippen LogP contribution in [0.5, 0.6) is 11.5 Å². The number of carbonyl (C=O) groups is 3. The van der Waals surface area contributed by atoms with Crippen LogP contribution in [-0.2, 0) is 36.3 Å². The van der Waals surface area contributed by atoms with Crippen molar-refractivity contribution in [3.8, 4) is 11.5 Å². The van der Waals surface area contributed by atoms with Gasteiger partial charge in [-0.2, -0.15) is 13.2 Å². The average Bonchev–Trinajstić information content (AvgIpc) is 3.27. The monoisotopic (exact) mass is 739 g/mol. The summed E-state index contributed by atoms with van der Waals surface area (Å²) in [6.07, 6.45) is -4.34. The molecule has 3 heterocycles. The number of nitrogens with zero attached hydrogens (tertiary/aromatic N) is 6. The molecule has 0 aliphatic carbocycles. The Hall–Kier alpha value is -5.20. The second-order valence-corrected chi connectivity index (χ2v) is 11.1. The number of ether oxygens (including phenoxy) is 1. The Morgan fingerprint density at radius 1 is 1.15 bits per heavy atom. The van der Waals surface area contributed by atoms with E-state index in [1.807, 2.05) is 30.7 Å². The lowest BCUT2D eigenvalue weighted by molar-refractivity contribution is -0.654. The van der Waals surface area contributed by atoms with Crippen LogP contribution >= 0.6 is 15.9 Å². The lowest BCUT2D eigenvalue weighted by atomic mass is 10.2. The minimum atomic E-state index is -5.19. The van der Waals surface area contributed by atoms with Gasteiger partial charge in [0.05, 0.1) is 20.1 Å². The summed E-state index contributed by atoms with van der Waals surface area (Å²) in [6.45, 7) is 4.75. The minimum Gasteiger partial charge on any atom is -0.542 e. The quantitative estimate of drug-likeness (QED) is 0.170. The van der Waals surface area contributed by atoms with Crippen LogP contribution in [0, 0.1) is 6.92 Å². The van der Waals surface area contributed by atoms with E-state index in [0.717, 1.165) is 29.0 Å². The summed E-state index contributed by atoms with van der Waals surface area (Å²) >= 11 is 3.18. The van der Waals surface area contributed by atoms with E-state index in [4.69, 9.17) is 26.1 Å². The Labute approximate surface area is 280 Å². The van der Waals surface area contributed by atoms with Crippen LogP contribution in [0.2, 0.25) is 0 Å². The zero-order chi connectivity index (χ0) is 35.9. The molecular weight excluding hydrogens is 707 g/mol. The highest BCUT2D eigenvalue weighted by Crippen LogP contribution is 2.23. The molecule has 2 amide bonds. The van der Waals surface area contributed by atoms with Crippen molar-refractivity contribution < 1.29 is 47.1 Å². The van der Waals surface area contributed by atoms with Crippen molar-refractivity contribution in [2.24, 2.45) is 7.05 Å². The highest BCUT2D eigenvalue weighted by molar-refractivity contribution is 9.10. The molecule has 1 aromatic carbocycles. The summed E-state index contributed by atoms with van der Waals surface area (Å²) in [5, 5.41) is 21.7. The highest BCUT2D eigenvalue weighted by atomic mass is 79.9. The molecule has 19 heteroatoms. The van der Waals surface area contributed by atoms with Gasteiger partial charge >= 0.3 is 6.18 Å². The fourth-order valence-corrected chi connectivity index (χ4v) is 4.64. The number of alkyl halides is 3. The van der Waals surface area contributed by atoms with Crippen LogP contribution in [0.1, 0.15) is 41.0 Å². The Kier molecular flexibility index (Phi) is 12.1. The molecule has 48 heavy (non-hydrogen) atoms. The first-order chi connectivity index (χ1) is 22.4. The van der Waals surface area contributed by atoms with E-state index >= 15 is 0 Å². The lowest BCUT2D eigenvalue weighted by Gasteiger charge is -2.18. The van der Waals surface area contributed by atoms with Crippen molar-refractivity contribution in [1.82, 2.24) is 29.7 Å². The number of anilines is 2. The number of pyridine rings is 1. The SMILES string of the molecule is CCCn1c(CNC(=O)c2nc(Br)c(N)nc2N)[n+](C)c2ccc(OCC(=O)N(C)Cc3nc(C)ccc3O)cc21.O=C([O-])C(F)(F)F. The zero-order valence-corrected chi connectivity index (χ0v) is 27.8. The first kappa shape index (κ1) is 37.3. The van der Waals surface area contributed by atoms with Crippen LogP contribution in [0.3, 0.4) is 0 Å². The van der Waals surface area contributed by atoms with E-state index in [2.05, 4.69) is 47.7 Å². The van der Waals surface area contributed by atoms with Gasteiger partial charge in [0.15, 0.2) is 35.0 Å². The van der Waals surface area contributed by atoms with Gasteiger partial charge in [-0.15, -0.1) is 0 Å². The number of aromatic hydroxyl groups is 1. The molecule has 4 aromatic rings. The number of carbonyl (C=O) groups excluding carboxylic acids is 3. The van der Waals surface area contributed by atoms with Gasteiger partial charge in [-0.25, -0.2) is 19.1 Å². The van der Waals surface area contributed by atoms with Crippen molar-refractivity contribution in [2.75, 3.05) is 25.1 Å². The molecule has 0 unspecified atom stereocenters. The molecule has 0 spiro atoms. The summed E-state index contributed by atoms with van der Waals surface area (Å²) in [4.78, 5) is 48.2. The number of nitrogens with one attached hydrogen (secondary N) is 1. The summed E-state index contributed by atoms with van der Waals surface area (Å²) in [7, 11) is 3.55. The maximum Gasteiger partial charge on any atom is 0.430 e. The van der Waals surface area contributed by atoms with Crippen LogP contribution in [-0.4, -0.2) is 67.1 Å². The number of rotatable bonds is 10. The van der Waals surface area contributed by atoms with E-state index in [1.165, 1.54) is 4.90 Å². The molecule has 0 atom stereocenters. The van der Waals surface area contributed by atoms with Gasteiger partial charge in [0.25, 0.3) is 17.6 Å². The molecule has 0 saturated heterocycles. The predicted molar refractivity (Wildman–Crippen MR) is 167 cm³/mol. The fourth-order valence-electron chi connectivity index (χ4n) is 4.38. The normalized spacial score (nSPS) is 11.1. The number of hydrogen-bond acceptors (Lipinski definition) is 11. The third-order valence-electron chi connectivity index (χ3n) is 6.77. The van der Waals surface area contributed by atoms with Gasteiger partial charge in [-0.1, -0.05) is 6.92 Å². The molecule has 0 bridgehead atoms. The number of amides is 2. The Morgan fingerprint density at radius 3 is 2.44 bits per heavy atom. The Balaban J connectivity index is 0.000000804. The van der Waals surface area contributed by atoms with E-state index in [9.17, 15) is 27.9 Å². The van der Waals surface area contributed by atoms with Crippen molar-refractivity contribution in [1.29, 1.82) is 0 Å². The van der Waals surface area contributed by atoms with E-state index in [1.54, 1.807) is 25.2 Å². The number of imidazole rings is 1. The number of nitrogen functional groups attached to an aromatic ring is 2. The number of nitrogens with two attached hydrogens (primary N) is 2. The first-order valence-corrected chi connectivity index (χ1v) is 14.9. The number of carboxylic acid groups (broad SMARTS) is 1. The average molecular weight is 741 g/mol. The number of carboxylic acids is 1. The number of aryl methyl sites for hydroxylation is 3. The number of benzene rings is 1. The number of likely N-dealkylation sites (N-methyl/N-ethyl adjacent to an activating group) is 1. The topological polar surface area (TPSA) is 219 Å². The fraction of sp³-hybridized carbons (Fsp3) is 0.345. The summed E-state index contributed by atoms with van der Waals surface area (Å²) in [5.41, 5.74) is 14.5. The zero-order valence-electron chi connectivity index (χ0n) is 26.3. The lowest BCUT2D eigenvalue weighted by Crippen LogP contribution is -2.38.